The van der Waals surface area contributed by atoms with Gasteiger partial charge in [0.2, 0.25) is 0 Å². The number of hydrogen-bond donors (Lipinski definition) is 0. The summed E-state index contributed by atoms with van der Waals surface area (Å²) in [5, 5.41) is 1.79. The van der Waals surface area contributed by atoms with Crippen LogP contribution in [0.2, 0.25) is 0 Å². The summed E-state index contributed by atoms with van der Waals surface area (Å²) < 4.78 is 5.20. The summed E-state index contributed by atoms with van der Waals surface area (Å²) in [6, 6.07) is 0. The van der Waals surface area contributed by atoms with Crippen LogP contribution in [0.15, 0.2) is 11.4 Å². The van der Waals surface area contributed by atoms with E-state index in [4.69, 9.17) is 4.74 Å². The molecule has 2 aromatic heterocycles. The summed E-state index contributed by atoms with van der Waals surface area (Å²) in [4.78, 5) is 37.0. The summed E-state index contributed by atoms with van der Waals surface area (Å²) in [5.41, 5.74) is 1.15. The molecule has 8 heteroatoms. The van der Waals surface area contributed by atoms with E-state index in [1.54, 1.807) is 11.3 Å². The van der Waals surface area contributed by atoms with Crippen molar-refractivity contribution in [3.8, 4) is 0 Å². The van der Waals surface area contributed by atoms with Gasteiger partial charge in [-0.25, -0.2) is 9.97 Å². The van der Waals surface area contributed by atoms with Crippen molar-refractivity contribution in [3.05, 3.63) is 16.8 Å². The fourth-order valence-corrected chi connectivity index (χ4v) is 5.44. The zero-order chi connectivity index (χ0) is 19.6. The highest BCUT2D eigenvalue weighted by Crippen LogP contribution is 2.34. The highest BCUT2D eigenvalue weighted by Gasteiger charge is 2.26. The fraction of sp³-hybridized carbons (Fsp3) is 0.579. The van der Waals surface area contributed by atoms with Gasteiger partial charge in [-0.3, -0.25) is 9.59 Å². The molecule has 0 unspecified atom stereocenters. The van der Waals surface area contributed by atoms with Gasteiger partial charge in [0, 0.05) is 23.4 Å². The second-order valence-corrected chi connectivity index (χ2v) is 9.50. The van der Waals surface area contributed by atoms with Crippen LogP contribution in [0.4, 0.5) is 0 Å². The average Bonchev–Trinajstić information content (AvgIpc) is 2.91. The normalized spacial score (nSPS) is 20.1. The molecule has 0 bridgehead atoms. The van der Waals surface area contributed by atoms with Gasteiger partial charge in [-0.2, -0.15) is 0 Å². The van der Waals surface area contributed by atoms with E-state index in [-0.39, 0.29) is 18.3 Å². The minimum absolute atomic E-state index is 0.111. The molecule has 0 aliphatic carbocycles. The zero-order valence-electron chi connectivity index (χ0n) is 16.2. The van der Waals surface area contributed by atoms with Crippen molar-refractivity contribution in [1.82, 2.24) is 14.9 Å². The summed E-state index contributed by atoms with van der Waals surface area (Å²) in [7, 11) is 0. The lowest BCUT2D eigenvalue weighted by Gasteiger charge is -2.34. The minimum atomic E-state index is -0.400. The molecule has 1 saturated heterocycles. The molecule has 1 aliphatic rings. The number of esters is 1. The van der Waals surface area contributed by atoms with E-state index in [0.717, 1.165) is 40.3 Å². The molecule has 1 amide bonds. The molecule has 6 nitrogen and oxygen atoms in total. The molecule has 146 valence electrons. The van der Waals surface area contributed by atoms with Crippen LogP contribution in [0.1, 0.15) is 30.7 Å². The summed E-state index contributed by atoms with van der Waals surface area (Å²) >= 11 is 2.96. The average molecular weight is 408 g/mol. The largest absolute Gasteiger partial charge is 0.455 e. The highest BCUT2D eigenvalue weighted by molar-refractivity contribution is 8.00. The standard InChI is InChI=1S/C19H25N3O3S2/c1-11-5-12(2)7-22(6-11)15(23)8-25-16(24)9-26-18-17-13(3)14(4)27-19(17)21-10-20-18/h10-12H,5-9H2,1-4H3/t11-,12-/m0/s1. The first-order valence-corrected chi connectivity index (χ1v) is 10.9. The predicted octanol–water partition coefficient (Wildman–Crippen LogP) is 3.45. The van der Waals surface area contributed by atoms with Crippen molar-refractivity contribution in [3.63, 3.8) is 0 Å². The number of hydrogen-bond acceptors (Lipinski definition) is 7. The Morgan fingerprint density at radius 2 is 1.96 bits per heavy atom. The van der Waals surface area contributed by atoms with E-state index in [0.29, 0.717) is 11.8 Å². The smallest absolute Gasteiger partial charge is 0.316 e. The third-order valence-electron chi connectivity index (χ3n) is 4.84. The maximum Gasteiger partial charge on any atom is 0.316 e. The van der Waals surface area contributed by atoms with Gasteiger partial charge < -0.3 is 9.64 Å². The van der Waals surface area contributed by atoms with Gasteiger partial charge in [-0.1, -0.05) is 25.6 Å². The molecule has 3 rings (SSSR count). The van der Waals surface area contributed by atoms with Crippen molar-refractivity contribution >= 4 is 45.2 Å². The lowest BCUT2D eigenvalue weighted by Crippen LogP contribution is -2.44. The number of amides is 1. The summed E-state index contributed by atoms with van der Waals surface area (Å²) in [6.07, 6.45) is 2.66. The number of aryl methyl sites for hydroxylation is 2. The fourth-order valence-electron chi connectivity index (χ4n) is 3.53. The Bertz CT molecular complexity index is 842. The van der Waals surface area contributed by atoms with E-state index in [1.165, 1.54) is 23.0 Å². The molecular weight excluding hydrogens is 382 g/mol. The molecular formula is C19H25N3O3S2. The third-order valence-corrected chi connectivity index (χ3v) is 6.91. The van der Waals surface area contributed by atoms with E-state index >= 15 is 0 Å². The molecule has 2 atom stereocenters. The molecule has 3 heterocycles. The maximum absolute atomic E-state index is 12.3. The van der Waals surface area contributed by atoms with E-state index in [9.17, 15) is 9.59 Å². The molecule has 1 aliphatic heterocycles. The molecule has 2 aromatic rings. The van der Waals surface area contributed by atoms with Crippen LogP contribution in [-0.4, -0.2) is 52.2 Å². The Labute approximate surface area is 167 Å². The first-order chi connectivity index (χ1) is 12.8. The van der Waals surface area contributed by atoms with Crippen LogP contribution in [0.5, 0.6) is 0 Å². The number of piperidine rings is 1. The highest BCUT2D eigenvalue weighted by atomic mass is 32.2. The van der Waals surface area contributed by atoms with Crippen LogP contribution in [0, 0.1) is 25.7 Å². The number of nitrogens with zero attached hydrogens (tertiary/aromatic N) is 3. The first-order valence-electron chi connectivity index (χ1n) is 9.12. The van der Waals surface area contributed by atoms with Crippen molar-refractivity contribution in [2.75, 3.05) is 25.4 Å². The Hall–Kier alpha value is -1.67. The monoisotopic (exact) mass is 407 g/mol. The van der Waals surface area contributed by atoms with E-state index in [1.807, 2.05) is 11.8 Å². The SMILES string of the molecule is Cc1sc2ncnc(SCC(=O)OCC(=O)N3C[C@@H](C)C[C@H](C)C3)c2c1C. The number of rotatable bonds is 5. The molecule has 1 fully saturated rings. The predicted molar refractivity (Wildman–Crippen MR) is 108 cm³/mol. The van der Waals surface area contributed by atoms with Gasteiger partial charge >= 0.3 is 5.97 Å². The van der Waals surface area contributed by atoms with Gasteiger partial charge in [0.15, 0.2) is 6.61 Å². The van der Waals surface area contributed by atoms with Crippen molar-refractivity contribution < 1.29 is 14.3 Å². The Kier molecular flexibility index (Phi) is 6.37. The summed E-state index contributed by atoms with van der Waals surface area (Å²) in [6.45, 7) is 9.69. The van der Waals surface area contributed by atoms with Crippen LogP contribution in [-0.2, 0) is 14.3 Å². The zero-order valence-corrected chi connectivity index (χ0v) is 17.8. The molecule has 0 saturated carbocycles. The van der Waals surface area contributed by atoms with Crippen LogP contribution < -0.4 is 0 Å². The Morgan fingerprint density at radius 3 is 2.67 bits per heavy atom. The van der Waals surface area contributed by atoms with E-state index in [2.05, 4.69) is 30.7 Å². The van der Waals surface area contributed by atoms with Gasteiger partial charge in [0.1, 0.15) is 16.2 Å². The number of likely N-dealkylation sites (tertiary alicyclic amines) is 1. The van der Waals surface area contributed by atoms with Crippen LogP contribution in [0.3, 0.4) is 0 Å². The van der Waals surface area contributed by atoms with Gasteiger partial charge in [-0.15, -0.1) is 11.3 Å². The van der Waals surface area contributed by atoms with Crippen LogP contribution >= 0.6 is 23.1 Å². The number of ether oxygens (including phenoxy) is 1. The summed E-state index contributed by atoms with van der Waals surface area (Å²) in [5.74, 6) is 0.590. The number of carbonyl (C=O) groups excluding carboxylic acids is 2. The van der Waals surface area contributed by atoms with Crippen molar-refractivity contribution in [2.45, 2.75) is 39.1 Å². The van der Waals surface area contributed by atoms with Gasteiger partial charge in [0.25, 0.3) is 5.91 Å². The Balaban J connectivity index is 1.52. The van der Waals surface area contributed by atoms with Gasteiger partial charge in [-0.05, 0) is 37.7 Å². The van der Waals surface area contributed by atoms with Crippen molar-refractivity contribution in [2.24, 2.45) is 11.8 Å². The number of thiophene rings is 1. The van der Waals surface area contributed by atoms with Gasteiger partial charge in [0.05, 0.1) is 5.75 Å². The minimum Gasteiger partial charge on any atom is -0.455 e. The second-order valence-electron chi connectivity index (χ2n) is 7.34. The number of thioether (sulfide) groups is 1. The molecule has 0 aromatic carbocycles. The lowest BCUT2D eigenvalue weighted by molar-refractivity contribution is -0.151. The first kappa shape index (κ1) is 20.1. The topological polar surface area (TPSA) is 72.4 Å². The molecule has 27 heavy (non-hydrogen) atoms. The van der Waals surface area contributed by atoms with Crippen LogP contribution in [0.25, 0.3) is 10.2 Å². The quantitative estimate of drug-likeness (QED) is 0.429. The number of aromatic nitrogens is 2. The number of fused-ring (bicyclic) bond motifs is 1. The van der Waals surface area contributed by atoms with E-state index < -0.39 is 5.97 Å². The molecule has 0 N–H and O–H groups in total. The number of carbonyl (C=O) groups is 2. The molecule has 0 radical (unpaired) electrons. The third kappa shape index (κ3) is 4.79. The van der Waals surface area contributed by atoms with Crippen molar-refractivity contribution in [1.29, 1.82) is 0 Å². The molecule has 0 spiro atoms. The Morgan fingerprint density at radius 1 is 1.26 bits per heavy atom. The lowest BCUT2D eigenvalue weighted by atomic mass is 9.92. The second kappa shape index (κ2) is 8.56. The maximum atomic E-state index is 12.3.